The van der Waals surface area contributed by atoms with E-state index in [9.17, 15) is 9.00 Å². The molecule has 0 aliphatic heterocycles. The number of nitrogens with zero attached hydrogens (tertiary/aromatic N) is 2. The summed E-state index contributed by atoms with van der Waals surface area (Å²) in [5, 5.41) is 12.3. The minimum atomic E-state index is -0.823. The minimum Gasteiger partial charge on any atom is -0.348 e. The standard InChI is InChI=1S/C8H14N4O2S/c1-6(3-4-15(2)14)10-8(13)7-5-9-12-11-7/h5-6H,3-4H2,1-2H3,(H,10,13)(H,9,11,12). The summed E-state index contributed by atoms with van der Waals surface area (Å²) in [6.45, 7) is 1.87. The summed E-state index contributed by atoms with van der Waals surface area (Å²) in [6.07, 6.45) is 3.69. The van der Waals surface area contributed by atoms with Gasteiger partial charge in [-0.2, -0.15) is 15.4 Å². The van der Waals surface area contributed by atoms with Crippen LogP contribution in [-0.4, -0.2) is 43.6 Å². The third-order valence-corrected chi connectivity index (χ3v) is 2.67. The molecule has 1 aromatic rings. The molecule has 0 aromatic carbocycles. The second-order valence-corrected chi connectivity index (χ2v) is 4.85. The van der Waals surface area contributed by atoms with Crippen LogP contribution in [0.25, 0.3) is 0 Å². The van der Waals surface area contributed by atoms with E-state index in [0.29, 0.717) is 12.2 Å². The molecule has 0 aliphatic rings. The van der Waals surface area contributed by atoms with Gasteiger partial charge in [0.15, 0.2) is 5.69 Å². The van der Waals surface area contributed by atoms with Crippen LogP contribution < -0.4 is 5.32 Å². The van der Waals surface area contributed by atoms with E-state index < -0.39 is 10.8 Å². The molecule has 2 unspecified atom stereocenters. The topological polar surface area (TPSA) is 87.7 Å². The van der Waals surface area contributed by atoms with E-state index in [1.54, 1.807) is 6.26 Å². The maximum atomic E-state index is 11.5. The van der Waals surface area contributed by atoms with Crippen LogP contribution in [0.4, 0.5) is 0 Å². The molecule has 15 heavy (non-hydrogen) atoms. The SMILES string of the molecule is CC(CCS(C)=O)NC(=O)c1cn[nH]n1. The number of amides is 1. The Hall–Kier alpha value is -1.24. The smallest absolute Gasteiger partial charge is 0.273 e. The van der Waals surface area contributed by atoms with Gasteiger partial charge in [0.05, 0.1) is 6.20 Å². The van der Waals surface area contributed by atoms with E-state index in [4.69, 9.17) is 0 Å². The van der Waals surface area contributed by atoms with Gasteiger partial charge in [-0.3, -0.25) is 9.00 Å². The largest absolute Gasteiger partial charge is 0.348 e. The van der Waals surface area contributed by atoms with Gasteiger partial charge in [0.2, 0.25) is 0 Å². The summed E-state index contributed by atoms with van der Waals surface area (Å²) in [5.74, 6) is 0.318. The molecule has 1 rings (SSSR count). The highest BCUT2D eigenvalue weighted by molar-refractivity contribution is 7.84. The van der Waals surface area contributed by atoms with Crippen LogP contribution in [0.2, 0.25) is 0 Å². The van der Waals surface area contributed by atoms with E-state index in [-0.39, 0.29) is 17.6 Å². The van der Waals surface area contributed by atoms with Crippen LogP contribution in [-0.2, 0) is 10.8 Å². The Kier molecular flexibility index (Phi) is 4.41. The van der Waals surface area contributed by atoms with Gasteiger partial charge in [-0.15, -0.1) is 0 Å². The van der Waals surface area contributed by atoms with Crippen molar-refractivity contribution in [3.05, 3.63) is 11.9 Å². The fraction of sp³-hybridized carbons (Fsp3) is 0.625. The number of aromatic amines is 1. The molecule has 2 N–H and O–H groups in total. The van der Waals surface area contributed by atoms with Crippen LogP contribution >= 0.6 is 0 Å². The van der Waals surface area contributed by atoms with Crippen LogP contribution in [0.1, 0.15) is 23.8 Å². The highest BCUT2D eigenvalue weighted by Crippen LogP contribution is 1.95. The Morgan fingerprint density at radius 2 is 2.47 bits per heavy atom. The van der Waals surface area contributed by atoms with Gasteiger partial charge in [0, 0.05) is 28.9 Å². The zero-order valence-corrected chi connectivity index (χ0v) is 9.50. The van der Waals surface area contributed by atoms with Crippen LogP contribution in [0, 0.1) is 0 Å². The number of aromatic nitrogens is 3. The number of nitrogens with one attached hydrogen (secondary N) is 2. The first kappa shape index (κ1) is 11.8. The Bertz CT molecular complexity index is 338. The molecule has 1 amide bonds. The molecule has 0 bridgehead atoms. The van der Waals surface area contributed by atoms with Gasteiger partial charge >= 0.3 is 0 Å². The summed E-state index contributed by atoms with van der Waals surface area (Å²) in [5.41, 5.74) is 0.263. The first-order valence-corrected chi connectivity index (χ1v) is 6.29. The minimum absolute atomic E-state index is 0.0156. The van der Waals surface area contributed by atoms with E-state index in [1.807, 2.05) is 6.92 Å². The highest BCUT2D eigenvalue weighted by atomic mass is 32.2. The van der Waals surface area contributed by atoms with Crippen molar-refractivity contribution in [1.82, 2.24) is 20.7 Å². The lowest BCUT2D eigenvalue weighted by molar-refractivity contribution is 0.0934. The molecule has 0 saturated carbocycles. The lowest BCUT2D eigenvalue weighted by Gasteiger charge is -2.11. The van der Waals surface area contributed by atoms with E-state index in [2.05, 4.69) is 20.7 Å². The first-order chi connectivity index (χ1) is 7.09. The van der Waals surface area contributed by atoms with Crippen molar-refractivity contribution in [2.45, 2.75) is 19.4 Å². The molecule has 7 heteroatoms. The zero-order chi connectivity index (χ0) is 11.3. The molecule has 0 radical (unpaired) electrons. The lowest BCUT2D eigenvalue weighted by Crippen LogP contribution is -2.33. The Labute approximate surface area is 90.3 Å². The Balaban J connectivity index is 2.35. The predicted octanol–water partition coefficient (Wildman–Crippen LogP) is -0.308. The monoisotopic (exact) mass is 230 g/mol. The number of rotatable bonds is 5. The Morgan fingerprint density at radius 3 is 3.00 bits per heavy atom. The normalized spacial score (nSPS) is 14.5. The molecule has 1 heterocycles. The second-order valence-electron chi connectivity index (χ2n) is 3.30. The summed E-state index contributed by atoms with van der Waals surface area (Å²) >= 11 is 0. The fourth-order valence-corrected chi connectivity index (χ4v) is 1.71. The van der Waals surface area contributed by atoms with Crippen LogP contribution in [0.15, 0.2) is 6.20 Å². The third kappa shape index (κ3) is 4.20. The molecule has 0 aliphatic carbocycles. The van der Waals surface area contributed by atoms with Crippen molar-refractivity contribution < 1.29 is 9.00 Å². The van der Waals surface area contributed by atoms with Gasteiger partial charge in [-0.1, -0.05) is 0 Å². The third-order valence-electron chi connectivity index (χ3n) is 1.86. The average Bonchev–Trinajstić information content (AvgIpc) is 2.67. The molecule has 2 atom stereocenters. The number of H-pyrrole nitrogens is 1. The summed E-state index contributed by atoms with van der Waals surface area (Å²) in [7, 11) is -0.823. The summed E-state index contributed by atoms with van der Waals surface area (Å²) in [4.78, 5) is 11.5. The summed E-state index contributed by atoms with van der Waals surface area (Å²) < 4.78 is 10.8. The van der Waals surface area contributed by atoms with Crippen molar-refractivity contribution in [3.63, 3.8) is 0 Å². The highest BCUT2D eigenvalue weighted by Gasteiger charge is 2.11. The summed E-state index contributed by atoms with van der Waals surface area (Å²) in [6, 6.07) is -0.0156. The molecule has 1 aromatic heterocycles. The second kappa shape index (κ2) is 5.59. The van der Waals surface area contributed by atoms with Crippen LogP contribution in [0.3, 0.4) is 0 Å². The number of hydrogen-bond acceptors (Lipinski definition) is 4. The maximum absolute atomic E-state index is 11.5. The van der Waals surface area contributed by atoms with E-state index in [0.717, 1.165) is 0 Å². The van der Waals surface area contributed by atoms with Crippen molar-refractivity contribution in [2.75, 3.05) is 12.0 Å². The number of hydrogen-bond donors (Lipinski definition) is 2. The van der Waals surface area contributed by atoms with Crippen molar-refractivity contribution in [1.29, 1.82) is 0 Å². The van der Waals surface area contributed by atoms with Gasteiger partial charge in [0.25, 0.3) is 5.91 Å². The quantitative estimate of drug-likeness (QED) is 0.726. The zero-order valence-electron chi connectivity index (χ0n) is 8.69. The van der Waals surface area contributed by atoms with Crippen molar-refractivity contribution >= 4 is 16.7 Å². The molecule has 0 fully saturated rings. The number of carbonyl (C=O) groups excluding carboxylic acids is 1. The van der Waals surface area contributed by atoms with Gasteiger partial charge < -0.3 is 5.32 Å². The van der Waals surface area contributed by atoms with E-state index in [1.165, 1.54) is 6.20 Å². The molecular weight excluding hydrogens is 216 g/mol. The molecule has 0 spiro atoms. The fourth-order valence-electron chi connectivity index (χ4n) is 1.02. The Morgan fingerprint density at radius 1 is 1.73 bits per heavy atom. The molecule has 6 nitrogen and oxygen atoms in total. The van der Waals surface area contributed by atoms with Gasteiger partial charge in [0.1, 0.15) is 0 Å². The molecular formula is C8H14N4O2S. The van der Waals surface area contributed by atoms with Crippen molar-refractivity contribution in [3.8, 4) is 0 Å². The van der Waals surface area contributed by atoms with Crippen LogP contribution in [0.5, 0.6) is 0 Å². The molecule has 0 saturated heterocycles. The van der Waals surface area contributed by atoms with Crippen molar-refractivity contribution in [2.24, 2.45) is 0 Å². The lowest BCUT2D eigenvalue weighted by atomic mass is 10.2. The predicted molar refractivity (Wildman–Crippen MR) is 56.9 cm³/mol. The average molecular weight is 230 g/mol. The molecule has 84 valence electrons. The van der Waals surface area contributed by atoms with E-state index >= 15 is 0 Å². The number of carbonyl (C=O) groups is 1. The first-order valence-electron chi connectivity index (χ1n) is 4.56. The maximum Gasteiger partial charge on any atom is 0.273 e. The van der Waals surface area contributed by atoms with Gasteiger partial charge in [-0.25, -0.2) is 0 Å². The van der Waals surface area contributed by atoms with Gasteiger partial charge in [-0.05, 0) is 13.3 Å².